The molecule has 2 amide bonds. The van der Waals surface area contributed by atoms with E-state index < -0.39 is 17.9 Å². The zero-order valence-electron chi connectivity index (χ0n) is 14.6. The van der Waals surface area contributed by atoms with Gasteiger partial charge in [-0.2, -0.15) is 11.8 Å². The summed E-state index contributed by atoms with van der Waals surface area (Å²) in [5.41, 5.74) is 0.334. The number of carbonyl (C=O) groups is 3. The summed E-state index contributed by atoms with van der Waals surface area (Å²) < 4.78 is 0. The number of nitrogens with zero attached hydrogens (tertiary/aromatic N) is 1. The number of carboxylic acids is 1. The van der Waals surface area contributed by atoms with Gasteiger partial charge in [-0.25, -0.2) is 0 Å². The molecule has 2 rings (SSSR count). The molecule has 0 radical (unpaired) electrons. The molecule has 8 heteroatoms. The highest BCUT2D eigenvalue weighted by molar-refractivity contribution is 7.98. The second kappa shape index (κ2) is 9.83. The number of carbonyl (C=O) groups excluding carboxylic acids is 2. The number of nitrogens with one attached hydrogen (secondary N) is 1. The zero-order valence-corrected chi connectivity index (χ0v) is 16.2. The van der Waals surface area contributed by atoms with E-state index in [2.05, 4.69) is 5.32 Å². The standard InChI is InChI=1S/C18H23ClN2O4S/c1-26-11-8-15(20-16(22)13-4-2-3-5-14(13)19)17(23)21-9-6-12(7-10-21)18(24)25/h2-5,12,15H,6-11H2,1H3,(H,20,22)(H,24,25). The fourth-order valence-corrected chi connectivity index (χ4v) is 3.63. The van der Waals surface area contributed by atoms with Crippen molar-refractivity contribution in [3.8, 4) is 0 Å². The maximum Gasteiger partial charge on any atom is 0.306 e. The number of likely N-dealkylation sites (tertiary alicyclic amines) is 1. The Bertz CT molecular complexity index is 662. The van der Waals surface area contributed by atoms with Gasteiger partial charge in [-0.05, 0) is 43.4 Å². The van der Waals surface area contributed by atoms with Crippen LogP contribution in [0.3, 0.4) is 0 Å². The Morgan fingerprint density at radius 1 is 1.31 bits per heavy atom. The number of thioether (sulfide) groups is 1. The van der Waals surface area contributed by atoms with Crippen LogP contribution in [-0.4, -0.2) is 58.9 Å². The smallest absolute Gasteiger partial charge is 0.306 e. The normalized spacial score (nSPS) is 16.2. The van der Waals surface area contributed by atoms with Gasteiger partial charge in [-0.3, -0.25) is 14.4 Å². The maximum atomic E-state index is 12.9. The van der Waals surface area contributed by atoms with Gasteiger partial charge in [-0.15, -0.1) is 0 Å². The zero-order chi connectivity index (χ0) is 19.1. The van der Waals surface area contributed by atoms with Crippen LogP contribution < -0.4 is 5.32 Å². The van der Waals surface area contributed by atoms with Crippen molar-refractivity contribution in [3.05, 3.63) is 34.9 Å². The van der Waals surface area contributed by atoms with Crippen LogP contribution in [0.2, 0.25) is 5.02 Å². The van der Waals surface area contributed by atoms with Crippen molar-refractivity contribution in [2.75, 3.05) is 25.1 Å². The topological polar surface area (TPSA) is 86.7 Å². The minimum absolute atomic E-state index is 0.164. The van der Waals surface area contributed by atoms with Crippen LogP contribution in [0, 0.1) is 5.92 Å². The van der Waals surface area contributed by atoms with E-state index in [0.717, 1.165) is 5.75 Å². The van der Waals surface area contributed by atoms with Gasteiger partial charge < -0.3 is 15.3 Å². The Balaban J connectivity index is 2.04. The van der Waals surface area contributed by atoms with Gasteiger partial charge in [0.1, 0.15) is 6.04 Å². The summed E-state index contributed by atoms with van der Waals surface area (Å²) in [6.45, 7) is 0.793. The van der Waals surface area contributed by atoms with Crippen LogP contribution in [0.4, 0.5) is 0 Å². The highest BCUT2D eigenvalue weighted by atomic mass is 35.5. The Morgan fingerprint density at radius 3 is 2.54 bits per heavy atom. The molecule has 1 atom stereocenters. The predicted molar refractivity (Wildman–Crippen MR) is 103 cm³/mol. The van der Waals surface area contributed by atoms with E-state index in [1.54, 1.807) is 40.9 Å². The van der Waals surface area contributed by atoms with Crippen molar-refractivity contribution in [1.29, 1.82) is 0 Å². The van der Waals surface area contributed by atoms with Crippen LogP contribution in [-0.2, 0) is 9.59 Å². The van der Waals surface area contributed by atoms with E-state index in [9.17, 15) is 14.4 Å². The average molecular weight is 399 g/mol. The number of carboxylic acid groups (broad SMARTS) is 1. The molecular formula is C18H23ClN2O4S. The summed E-state index contributed by atoms with van der Waals surface area (Å²) in [5.74, 6) is -1.03. The molecule has 0 bridgehead atoms. The highest BCUT2D eigenvalue weighted by Gasteiger charge is 2.31. The number of amides is 2. The van der Waals surface area contributed by atoms with Crippen molar-refractivity contribution in [2.24, 2.45) is 5.92 Å². The molecule has 1 aromatic rings. The lowest BCUT2D eigenvalue weighted by molar-refractivity contribution is -0.146. The molecule has 2 N–H and O–H groups in total. The Labute approximate surface area is 162 Å². The molecule has 1 saturated heterocycles. The molecule has 26 heavy (non-hydrogen) atoms. The molecule has 0 saturated carbocycles. The molecule has 0 aliphatic carbocycles. The molecule has 1 unspecified atom stereocenters. The van der Waals surface area contributed by atoms with E-state index in [4.69, 9.17) is 16.7 Å². The third-order valence-corrected chi connectivity index (χ3v) is 5.46. The molecule has 1 aliphatic rings. The van der Waals surface area contributed by atoms with Crippen molar-refractivity contribution in [2.45, 2.75) is 25.3 Å². The summed E-state index contributed by atoms with van der Waals surface area (Å²) in [5, 5.41) is 12.2. The lowest BCUT2D eigenvalue weighted by Gasteiger charge is -2.33. The summed E-state index contributed by atoms with van der Waals surface area (Å²) in [6.07, 6.45) is 3.33. The third kappa shape index (κ3) is 5.38. The number of halogens is 1. The lowest BCUT2D eigenvalue weighted by atomic mass is 9.96. The molecule has 1 heterocycles. The van der Waals surface area contributed by atoms with E-state index in [0.29, 0.717) is 42.9 Å². The number of rotatable bonds is 7. The third-order valence-electron chi connectivity index (χ3n) is 4.49. The first kappa shape index (κ1) is 20.6. The first-order valence-electron chi connectivity index (χ1n) is 8.50. The van der Waals surface area contributed by atoms with Gasteiger partial charge in [0.25, 0.3) is 5.91 Å². The molecular weight excluding hydrogens is 376 g/mol. The van der Waals surface area contributed by atoms with Gasteiger partial charge in [-0.1, -0.05) is 23.7 Å². The van der Waals surface area contributed by atoms with E-state index >= 15 is 0 Å². The quantitative estimate of drug-likeness (QED) is 0.737. The van der Waals surface area contributed by atoms with Crippen LogP contribution >= 0.6 is 23.4 Å². The molecule has 1 aliphatic heterocycles. The summed E-state index contributed by atoms with van der Waals surface area (Å²) in [4.78, 5) is 38.1. The highest BCUT2D eigenvalue weighted by Crippen LogP contribution is 2.20. The fourth-order valence-electron chi connectivity index (χ4n) is 2.94. The molecule has 0 aromatic heterocycles. The fraction of sp³-hybridized carbons (Fsp3) is 0.500. The largest absolute Gasteiger partial charge is 0.481 e. The monoisotopic (exact) mass is 398 g/mol. The van der Waals surface area contributed by atoms with E-state index in [1.807, 2.05) is 6.26 Å². The van der Waals surface area contributed by atoms with Crippen LogP contribution in [0.5, 0.6) is 0 Å². The van der Waals surface area contributed by atoms with Crippen molar-refractivity contribution in [3.63, 3.8) is 0 Å². The number of benzene rings is 1. The number of piperidine rings is 1. The molecule has 1 fully saturated rings. The lowest BCUT2D eigenvalue weighted by Crippen LogP contribution is -2.51. The Kier molecular flexibility index (Phi) is 7.78. The van der Waals surface area contributed by atoms with Gasteiger partial charge in [0.2, 0.25) is 5.91 Å². The second-order valence-electron chi connectivity index (χ2n) is 6.23. The second-order valence-corrected chi connectivity index (χ2v) is 7.62. The van der Waals surface area contributed by atoms with E-state index in [1.165, 1.54) is 0 Å². The Morgan fingerprint density at radius 2 is 1.96 bits per heavy atom. The van der Waals surface area contributed by atoms with Gasteiger partial charge in [0.05, 0.1) is 16.5 Å². The summed E-state index contributed by atoms with van der Waals surface area (Å²) in [7, 11) is 0. The van der Waals surface area contributed by atoms with Crippen molar-refractivity contribution in [1.82, 2.24) is 10.2 Å². The SMILES string of the molecule is CSCCC(NC(=O)c1ccccc1Cl)C(=O)N1CCC(C(=O)O)CC1. The number of aliphatic carboxylic acids is 1. The molecule has 0 spiro atoms. The van der Waals surface area contributed by atoms with Crippen LogP contribution in [0.1, 0.15) is 29.6 Å². The minimum atomic E-state index is -0.817. The van der Waals surface area contributed by atoms with Crippen molar-refractivity contribution >= 4 is 41.1 Å². The van der Waals surface area contributed by atoms with Crippen molar-refractivity contribution < 1.29 is 19.5 Å². The van der Waals surface area contributed by atoms with Gasteiger partial charge in [0.15, 0.2) is 0 Å². The first-order valence-corrected chi connectivity index (χ1v) is 10.3. The van der Waals surface area contributed by atoms with Gasteiger partial charge >= 0.3 is 5.97 Å². The summed E-state index contributed by atoms with van der Waals surface area (Å²) >= 11 is 7.66. The predicted octanol–water partition coefficient (Wildman–Crippen LogP) is 2.51. The molecule has 6 nitrogen and oxygen atoms in total. The van der Waals surface area contributed by atoms with E-state index in [-0.39, 0.29) is 11.8 Å². The molecule has 1 aromatic carbocycles. The number of hydrogen-bond donors (Lipinski definition) is 2. The minimum Gasteiger partial charge on any atom is -0.481 e. The first-order chi connectivity index (χ1) is 12.4. The average Bonchev–Trinajstić information content (AvgIpc) is 2.64. The van der Waals surface area contributed by atoms with Gasteiger partial charge in [0, 0.05) is 13.1 Å². The maximum absolute atomic E-state index is 12.9. The Hall–Kier alpha value is -1.73. The summed E-state index contributed by atoms with van der Waals surface area (Å²) in [6, 6.07) is 6.06. The van der Waals surface area contributed by atoms with Crippen LogP contribution in [0.15, 0.2) is 24.3 Å². The molecule has 142 valence electrons. The van der Waals surface area contributed by atoms with Crippen LogP contribution in [0.25, 0.3) is 0 Å². The number of hydrogen-bond acceptors (Lipinski definition) is 4.